The summed E-state index contributed by atoms with van der Waals surface area (Å²) in [6.07, 6.45) is 0.820. The normalized spacial score (nSPS) is 12.7. The summed E-state index contributed by atoms with van der Waals surface area (Å²) in [6, 6.07) is 3.40. The van der Waals surface area contributed by atoms with Gasteiger partial charge in [0.1, 0.15) is 16.6 Å². The highest BCUT2D eigenvalue weighted by molar-refractivity contribution is 7.11. The van der Waals surface area contributed by atoms with Gasteiger partial charge < -0.3 is 5.32 Å². The molecule has 0 aliphatic heterocycles. The van der Waals surface area contributed by atoms with Crippen molar-refractivity contribution < 1.29 is 8.78 Å². The Morgan fingerprint density at radius 1 is 1.25 bits per heavy atom. The minimum atomic E-state index is -0.540. The summed E-state index contributed by atoms with van der Waals surface area (Å²) in [5.74, 6) is -1.08. The first-order valence-electron chi connectivity index (χ1n) is 6.71. The van der Waals surface area contributed by atoms with E-state index in [1.54, 1.807) is 0 Å². The molecule has 0 fully saturated rings. The predicted octanol–water partition coefficient (Wildman–Crippen LogP) is 3.99. The van der Waals surface area contributed by atoms with Gasteiger partial charge in [-0.1, -0.05) is 19.9 Å². The zero-order valence-electron chi connectivity index (χ0n) is 11.8. The van der Waals surface area contributed by atoms with Gasteiger partial charge in [-0.05, 0) is 32.0 Å². The van der Waals surface area contributed by atoms with Crippen LogP contribution in [-0.2, 0) is 6.42 Å². The number of nitrogens with zero attached hydrogens (tertiary/aromatic N) is 1. The van der Waals surface area contributed by atoms with Gasteiger partial charge in [0.15, 0.2) is 0 Å². The lowest BCUT2D eigenvalue weighted by Crippen LogP contribution is -2.24. The van der Waals surface area contributed by atoms with Crippen LogP contribution in [-0.4, -0.2) is 11.5 Å². The highest BCUT2D eigenvalue weighted by Gasteiger charge is 2.24. The molecule has 0 amide bonds. The van der Waals surface area contributed by atoms with E-state index < -0.39 is 17.7 Å². The maximum absolute atomic E-state index is 14.0. The highest BCUT2D eigenvalue weighted by atomic mass is 32.1. The second-order valence-corrected chi connectivity index (χ2v) is 5.77. The fourth-order valence-corrected chi connectivity index (χ4v) is 3.30. The molecule has 0 radical (unpaired) electrons. The maximum Gasteiger partial charge on any atom is 0.131 e. The van der Waals surface area contributed by atoms with Crippen LogP contribution < -0.4 is 5.32 Å². The zero-order valence-corrected chi connectivity index (χ0v) is 12.7. The van der Waals surface area contributed by atoms with E-state index in [1.165, 1.54) is 29.5 Å². The van der Waals surface area contributed by atoms with Gasteiger partial charge in [-0.2, -0.15) is 0 Å². The lowest BCUT2D eigenvalue weighted by Gasteiger charge is -2.17. The molecule has 1 heterocycles. The van der Waals surface area contributed by atoms with Gasteiger partial charge >= 0.3 is 0 Å². The number of nitrogens with one attached hydrogen (secondary N) is 1. The van der Waals surface area contributed by atoms with Crippen molar-refractivity contribution in [1.82, 2.24) is 10.3 Å². The second-order valence-electron chi connectivity index (χ2n) is 4.53. The van der Waals surface area contributed by atoms with Crippen LogP contribution in [0.3, 0.4) is 0 Å². The first-order valence-corrected chi connectivity index (χ1v) is 7.53. The van der Waals surface area contributed by atoms with Crippen LogP contribution in [0.5, 0.6) is 0 Å². The second kappa shape index (κ2) is 6.41. The lowest BCUT2D eigenvalue weighted by atomic mass is 10.1. The molecule has 1 N–H and O–H groups in total. The molecule has 0 saturated carbocycles. The number of rotatable bonds is 5. The average molecular weight is 296 g/mol. The largest absolute Gasteiger partial charge is 0.304 e. The summed E-state index contributed by atoms with van der Waals surface area (Å²) in [5.41, 5.74) is 1.04. The Bertz CT molecular complexity index is 575. The number of aryl methyl sites for hydroxylation is 2. The first-order chi connectivity index (χ1) is 9.58. The van der Waals surface area contributed by atoms with Crippen molar-refractivity contribution >= 4 is 11.3 Å². The van der Waals surface area contributed by atoms with E-state index in [0.29, 0.717) is 11.6 Å². The summed E-state index contributed by atoms with van der Waals surface area (Å²) in [5, 5.41) is 3.84. The molecule has 0 saturated heterocycles. The summed E-state index contributed by atoms with van der Waals surface area (Å²) in [7, 11) is 0. The number of thiazole rings is 1. The molecule has 5 heteroatoms. The fraction of sp³-hybridized carbons (Fsp3) is 0.400. The molecule has 0 bridgehead atoms. The molecule has 1 unspecified atom stereocenters. The minimum absolute atomic E-state index is 0.0470. The molecule has 1 aromatic heterocycles. The smallest absolute Gasteiger partial charge is 0.131 e. The number of benzene rings is 1. The third kappa shape index (κ3) is 2.88. The first kappa shape index (κ1) is 15.1. The van der Waals surface area contributed by atoms with Crippen LogP contribution in [0.15, 0.2) is 18.2 Å². The molecule has 2 rings (SSSR count). The molecule has 0 aliphatic carbocycles. The maximum atomic E-state index is 14.0. The van der Waals surface area contributed by atoms with E-state index >= 15 is 0 Å². The van der Waals surface area contributed by atoms with Crippen molar-refractivity contribution in [3.8, 4) is 0 Å². The predicted molar refractivity (Wildman–Crippen MR) is 78.1 cm³/mol. The van der Waals surface area contributed by atoms with E-state index in [-0.39, 0.29) is 5.56 Å². The van der Waals surface area contributed by atoms with E-state index in [2.05, 4.69) is 10.3 Å². The van der Waals surface area contributed by atoms with Gasteiger partial charge in [0, 0.05) is 10.4 Å². The molecule has 0 spiro atoms. The minimum Gasteiger partial charge on any atom is -0.304 e. The third-order valence-electron chi connectivity index (χ3n) is 3.19. The monoisotopic (exact) mass is 296 g/mol. The number of halogens is 2. The standard InChI is InChI=1S/C15H18F2N2S/c1-4-12-9(3)20-15(19-12)14(18-5-2)13-10(16)7-6-8-11(13)17/h6-8,14,18H,4-5H2,1-3H3. The van der Waals surface area contributed by atoms with Gasteiger partial charge in [0.2, 0.25) is 0 Å². The van der Waals surface area contributed by atoms with Crippen LogP contribution in [0.4, 0.5) is 8.78 Å². The Morgan fingerprint density at radius 2 is 1.90 bits per heavy atom. The van der Waals surface area contributed by atoms with Gasteiger partial charge in [0.05, 0.1) is 11.7 Å². The Hall–Kier alpha value is -1.33. The topological polar surface area (TPSA) is 24.9 Å². The quantitative estimate of drug-likeness (QED) is 0.902. The Labute approximate surface area is 121 Å². The van der Waals surface area contributed by atoms with Crippen molar-refractivity contribution in [1.29, 1.82) is 0 Å². The molecular weight excluding hydrogens is 278 g/mol. The molecule has 2 nitrogen and oxygen atoms in total. The summed E-state index contributed by atoms with van der Waals surface area (Å²) >= 11 is 1.49. The molecule has 0 aliphatic rings. The van der Waals surface area contributed by atoms with Crippen LogP contribution in [0, 0.1) is 18.6 Å². The van der Waals surface area contributed by atoms with E-state index in [9.17, 15) is 8.78 Å². The molecule has 2 aromatic rings. The van der Waals surface area contributed by atoms with E-state index in [0.717, 1.165) is 17.0 Å². The SMILES string of the molecule is CCNC(c1nc(CC)c(C)s1)c1c(F)cccc1F. The van der Waals surface area contributed by atoms with Gasteiger partial charge in [-0.25, -0.2) is 13.8 Å². The molecule has 1 atom stereocenters. The van der Waals surface area contributed by atoms with Gasteiger partial charge in [-0.3, -0.25) is 0 Å². The van der Waals surface area contributed by atoms with Crippen molar-refractivity contribution in [2.24, 2.45) is 0 Å². The van der Waals surface area contributed by atoms with Crippen LogP contribution in [0.2, 0.25) is 0 Å². The summed E-state index contributed by atoms with van der Waals surface area (Å²) < 4.78 is 28.0. The van der Waals surface area contributed by atoms with Crippen molar-refractivity contribution in [2.75, 3.05) is 6.54 Å². The molecular formula is C15H18F2N2S. The van der Waals surface area contributed by atoms with Crippen molar-refractivity contribution in [3.63, 3.8) is 0 Å². The zero-order chi connectivity index (χ0) is 14.7. The Kier molecular flexibility index (Phi) is 4.83. The molecule has 1 aromatic carbocycles. The van der Waals surface area contributed by atoms with Crippen molar-refractivity contribution in [2.45, 2.75) is 33.2 Å². The summed E-state index contributed by atoms with van der Waals surface area (Å²) in [4.78, 5) is 5.63. The van der Waals surface area contributed by atoms with Crippen molar-refractivity contribution in [3.05, 3.63) is 51.0 Å². The third-order valence-corrected chi connectivity index (χ3v) is 4.27. The van der Waals surface area contributed by atoms with Gasteiger partial charge in [-0.15, -0.1) is 11.3 Å². The highest BCUT2D eigenvalue weighted by Crippen LogP contribution is 2.31. The van der Waals surface area contributed by atoms with E-state index in [1.807, 2.05) is 20.8 Å². The number of hydrogen-bond acceptors (Lipinski definition) is 3. The number of hydrogen-bond donors (Lipinski definition) is 1. The lowest BCUT2D eigenvalue weighted by molar-refractivity contribution is 0.509. The van der Waals surface area contributed by atoms with Gasteiger partial charge in [0.25, 0.3) is 0 Å². The molecule has 20 heavy (non-hydrogen) atoms. The van der Waals surface area contributed by atoms with Crippen LogP contribution in [0.1, 0.15) is 41.0 Å². The fourth-order valence-electron chi connectivity index (χ4n) is 2.21. The van der Waals surface area contributed by atoms with E-state index in [4.69, 9.17) is 0 Å². The van der Waals surface area contributed by atoms with Crippen LogP contribution >= 0.6 is 11.3 Å². The number of aromatic nitrogens is 1. The van der Waals surface area contributed by atoms with Crippen LogP contribution in [0.25, 0.3) is 0 Å². The Balaban J connectivity index is 2.50. The molecule has 108 valence electrons. The average Bonchev–Trinajstić information content (AvgIpc) is 2.78. The summed E-state index contributed by atoms with van der Waals surface area (Å²) in [6.45, 7) is 6.53. The Morgan fingerprint density at radius 3 is 2.40 bits per heavy atom.